The van der Waals surface area contributed by atoms with Gasteiger partial charge in [0.15, 0.2) is 0 Å². The number of imidazole rings is 1. The largest absolute Gasteiger partial charge is 0.383 e. The van der Waals surface area contributed by atoms with Crippen molar-refractivity contribution in [1.82, 2.24) is 19.5 Å². The van der Waals surface area contributed by atoms with Crippen molar-refractivity contribution in [2.45, 2.75) is 13.3 Å². The van der Waals surface area contributed by atoms with E-state index in [2.05, 4.69) is 20.3 Å². The van der Waals surface area contributed by atoms with E-state index in [4.69, 9.17) is 5.73 Å². The number of nitrogens with zero attached hydrogens (tertiary/aromatic N) is 4. The molecule has 4 rings (SSSR count). The van der Waals surface area contributed by atoms with Crippen LogP contribution < -0.4 is 11.1 Å². The molecule has 26 heavy (non-hydrogen) atoms. The van der Waals surface area contributed by atoms with Gasteiger partial charge in [0, 0.05) is 24.2 Å². The second kappa shape index (κ2) is 6.44. The van der Waals surface area contributed by atoms with Crippen LogP contribution in [0.15, 0.2) is 54.6 Å². The number of anilines is 3. The van der Waals surface area contributed by atoms with Gasteiger partial charge in [0.25, 0.3) is 0 Å². The summed E-state index contributed by atoms with van der Waals surface area (Å²) in [6.45, 7) is 1.99. The Morgan fingerprint density at radius 1 is 1.04 bits per heavy atom. The highest BCUT2D eigenvalue weighted by atomic mass is 19.1. The fourth-order valence-corrected chi connectivity index (χ4v) is 2.86. The van der Waals surface area contributed by atoms with Crippen LogP contribution in [0, 0.1) is 5.82 Å². The van der Waals surface area contributed by atoms with E-state index in [0.717, 1.165) is 11.5 Å². The zero-order valence-corrected chi connectivity index (χ0v) is 14.1. The van der Waals surface area contributed by atoms with Crippen LogP contribution in [0.3, 0.4) is 0 Å². The lowest BCUT2D eigenvalue weighted by atomic mass is 10.3. The van der Waals surface area contributed by atoms with Gasteiger partial charge in [0.2, 0.25) is 5.95 Å². The topological polar surface area (TPSA) is 81.7 Å². The molecule has 0 radical (unpaired) electrons. The molecule has 0 aliphatic carbocycles. The predicted octanol–water partition coefficient (Wildman–Crippen LogP) is 3.84. The van der Waals surface area contributed by atoms with Crippen LogP contribution in [-0.4, -0.2) is 19.5 Å². The number of rotatable bonds is 4. The van der Waals surface area contributed by atoms with Gasteiger partial charge in [-0.05, 0) is 24.3 Å². The first-order chi connectivity index (χ1) is 12.6. The zero-order chi connectivity index (χ0) is 18.1. The van der Waals surface area contributed by atoms with Crippen LogP contribution in [0.4, 0.5) is 21.8 Å². The number of benzene rings is 2. The summed E-state index contributed by atoms with van der Waals surface area (Å²) < 4.78 is 15.6. The number of para-hydroxylation sites is 1. The first-order valence-electron chi connectivity index (χ1n) is 8.28. The molecule has 0 aliphatic rings. The molecule has 4 aromatic rings. The predicted molar refractivity (Wildman–Crippen MR) is 100 cm³/mol. The summed E-state index contributed by atoms with van der Waals surface area (Å²) in [4.78, 5) is 13.4. The molecular formula is C19H17FN6. The second-order valence-corrected chi connectivity index (χ2v) is 5.82. The van der Waals surface area contributed by atoms with E-state index in [9.17, 15) is 4.39 Å². The van der Waals surface area contributed by atoms with Crippen LogP contribution in [-0.2, 0) is 6.42 Å². The monoisotopic (exact) mass is 348 g/mol. The Hall–Kier alpha value is -3.48. The van der Waals surface area contributed by atoms with Crippen molar-refractivity contribution < 1.29 is 4.39 Å². The van der Waals surface area contributed by atoms with Gasteiger partial charge in [-0.1, -0.05) is 25.1 Å². The molecule has 0 saturated heterocycles. The van der Waals surface area contributed by atoms with Gasteiger partial charge in [-0.25, -0.2) is 9.37 Å². The van der Waals surface area contributed by atoms with Crippen molar-refractivity contribution in [3.63, 3.8) is 0 Å². The lowest BCUT2D eigenvalue weighted by Gasteiger charge is -2.11. The molecule has 0 atom stereocenters. The molecular weight excluding hydrogens is 331 g/mol. The zero-order valence-electron chi connectivity index (χ0n) is 14.1. The molecule has 2 aromatic heterocycles. The molecule has 7 heteroatoms. The van der Waals surface area contributed by atoms with Crippen LogP contribution in [0.5, 0.6) is 0 Å². The molecule has 6 nitrogen and oxygen atoms in total. The Kier molecular flexibility index (Phi) is 3.96. The van der Waals surface area contributed by atoms with E-state index < -0.39 is 0 Å². The van der Waals surface area contributed by atoms with Crippen molar-refractivity contribution in [2.24, 2.45) is 0 Å². The number of halogens is 1. The fraction of sp³-hybridized carbons (Fsp3) is 0.105. The van der Waals surface area contributed by atoms with Crippen molar-refractivity contribution in [1.29, 1.82) is 0 Å². The molecule has 0 bridgehead atoms. The van der Waals surface area contributed by atoms with Gasteiger partial charge >= 0.3 is 0 Å². The maximum absolute atomic E-state index is 13.8. The highest BCUT2D eigenvalue weighted by Crippen LogP contribution is 2.24. The molecule has 0 unspecified atom stereocenters. The first kappa shape index (κ1) is 16.0. The highest BCUT2D eigenvalue weighted by Gasteiger charge is 2.15. The molecule has 3 N–H and O–H groups in total. The third-order valence-electron chi connectivity index (χ3n) is 3.99. The number of nitrogens with one attached hydrogen (secondary N) is 1. The van der Waals surface area contributed by atoms with Crippen LogP contribution in [0.2, 0.25) is 0 Å². The molecule has 0 saturated carbocycles. The summed E-state index contributed by atoms with van der Waals surface area (Å²) in [7, 11) is 0. The second-order valence-electron chi connectivity index (χ2n) is 5.82. The Balaban J connectivity index is 1.85. The molecule has 0 amide bonds. The first-order valence-corrected chi connectivity index (χ1v) is 8.28. The Labute approximate surface area is 149 Å². The summed E-state index contributed by atoms with van der Waals surface area (Å²) in [5, 5.41) is 3.13. The average molecular weight is 348 g/mol. The Morgan fingerprint density at radius 2 is 1.85 bits per heavy atom. The van der Waals surface area contributed by atoms with Crippen molar-refractivity contribution in [3.05, 3.63) is 66.2 Å². The Morgan fingerprint density at radius 3 is 2.62 bits per heavy atom. The van der Waals surface area contributed by atoms with E-state index in [1.807, 2.05) is 41.8 Å². The summed E-state index contributed by atoms with van der Waals surface area (Å²) in [6.07, 6.45) is 0.668. The molecule has 2 aromatic carbocycles. The minimum Gasteiger partial charge on any atom is -0.383 e. The number of nitrogens with two attached hydrogens (primary N) is 1. The normalized spacial score (nSPS) is 11.0. The van der Waals surface area contributed by atoms with E-state index >= 15 is 0 Å². The molecule has 130 valence electrons. The van der Waals surface area contributed by atoms with Gasteiger partial charge in [-0.15, -0.1) is 0 Å². The van der Waals surface area contributed by atoms with Gasteiger partial charge < -0.3 is 11.1 Å². The fourth-order valence-electron chi connectivity index (χ4n) is 2.86. The number of hydrogen-bond donors (Lipinski definition) is 2. The third kappa shape index (κ3) is 2.95. The summed E-state index contributed by atoms with van der Waals surface area (Å²) in [5.41, 5.74) is 8.18. The van der Waals surface area contributed by atoms with E-state index in [1.165, 1.54) is 12.1 Å². The Bertz CT molecular complexity index is 1070. The lowest BCUT2D eigenvalue weighted by Crippen LogP contribution is -2.08. The van der Waals surface area contributed by atoms with E-state index in [0.29, 0.717) is 35.0 Å². The van der Waals surface area contributed by atoms with Crippen molar-refractivity contribution in [3.8, 4) is 5.82 Å². The molecule has 0 fully saturated rings. The van der Waals surface area contributed by atoms with Crippen LogP contribution in [0.25, 0.3) is 16.9 Å². The summed E-state index contributed by atoms with van der Waals surface area (Å²) >= 11 is 0. The van der Waals surface area contributed by atoms with Gasteiger partial charge in [-0.3, -0.25) is 4.57 Å². The number of nitrogen functional groups attached to an aromatic ring is 1. The maximum atomic E-state index is 13.8. The van der Waals surface area contributed by atoms with Gasteiger partial charge in [0.1, 0.15) is 23.3 Å². The molecule has 2 heterocycles. The van der Waals surface area contributed by atoms with Crippen LogP contribution >= 0.6 is 0 Å². The third-order valence-corrected chi connectivity index (χ3v) is 3.99. The summed E-state index contributed by atoms with van der Waals surface area (Å²) in [6, 6.07) is 15.7. The molecule has 0 spiro atoms. The van der Waals surface area contributed by atoms with Crippen LogP contribution in [0.1, 0.15) is 12.7 Å². The number of aryl methyl sites for hydroxylation is 1. The van der Waals surface area contributed by atoms with E-state index in [-0.39, 0.29) is 5.82 Å². The van der Waals surface area contributed by atoms with Crippen molar-refractivity contribution >= 4 is 28.5 Å². The standard InChI is InChI=1S/C19H17FN6/c1-2-17-23-14-9-8-12(20)10-15(14)26(17)18-11-16(21)24-19(25-18)22-13-6-4-3-5-7-13/h3-11H,2H2,1H3,(H3,21,22,24,25). The molecule has 0 aliphatic heterocycles. The highest BCUT2D eigenvalue weighted by molar-refractivity contribution is 5.78. The van der Waals surface area contributed by atoms with Gasteiger partial charge in [0.05, 0.1) is 11.0 Å². The number of aromatic nitrogens is 4. The quantitative estimate of drug-likeness (QED) is 0.585. The minimum absolute atomic E-state index is 0.314. The summed E-state index contributed by atoms with van der Waals surface area (Å²) in [5.74, 6) is 1.67. The maximum Gasteiger partial charge on any atom is 0.231 e. The number of fused-ring (bicyclic) bond motifs is 1. The lowest BCUT2D eigenvalue weighted by molar-refractivity contribution is 0.629. The smallest absolute Gasteiger partial charge is 0.231 e. The minimum atomic E-state index is -0.328. The van der Waals surface area contributed by atoms with E-state index in [1.54, 1.807) is 12.1 Å². The average Bonchev–Trinajstić information content (AvgIpc) is 2.99. The number of hydrogen-bond acceptors (Lipinski definition) is 5. The SMILES string of the molecule is CCc1nc2ccc(F)cc2n1-c1cc(N)nc(Nc2ccccc2)n1. The van der Waals surface area contributed by atoms with Gasteiger partial charge in [-0.2, -0.15) is 9.97 Å². The van der Waals surface area contributed by atoms with Crippen molar-refractivity contribution in [2.75, 3.05) is 11.1 Å².